The summed E-state index contributed by atoms with van der Waals surface area (Å²) < 4.78 is 30.7. The number of amides is 1. The number of carbonyl (C=O) groups excluding carboxylic acids is 1. The molecule has 0 spiro atoms. The molecular weight excluding hydrogens is 415 g/mol. The fraction of sp³-hybridized carbons (Fsp3) is 0.353. The van der Waals surface area contributed by atoms with Crippen LogP contribution in [0.2, 0.25) is 0 Å². The van der Waals surface area contributed by atoms with Gasteiger partial charge in [0.2, 0.25) is 5.91 Å². The van der Waals surface area contributed by atoms with Crippen LogP contribution in [0.1, 0.15) is 17.5 Å². The predicted molar refractivity (Wildman–Crippen MR) is 93.6 cm³/mol. The molecule has 0 N–H and O–H groups in total. The zero-order chi connectivity index (χ0) is 17.0. The molecule has 1 amide bonds. The summed E-state index contributed by atoms with van der Waals surface area (Å²) in [5, 5.41) is 0. The van der Waals surface area contributed by atoms with Gasteiger partial charge in [-0.3, -0.25) is 4.79 Å². The summed E-state index contributed by atoms with van der Waals surface area (Å²) >= 11 is 1.98. The average Bonchev–Trinajstić information content (AvgIpc) is 2.50. The minimum atomic E-state index is -2.58. The molecule has 122 valence electrons. The summed E-state index contributed by atoms with van der Waals surface area (Å²) in [5.41, 5.74) is 2.12. The van der Waals surface area contributed by atoms with Gasteiger partial charge in [-0.2, -0.15) is 0 Å². The summed E-state index contributed by atoms with van der Waals surface area (Å²) in [6.45, 7) is 1.41. The van der Waals surface area contributed by atoms with Crippen LogP contribution >= 0.6 is 22.6 Å². The Morgan fingerprint density at radius 3 is 2.87 bits per heavy atom. The Bertz CT molecular complexity index is 667. The van der Waals surface area contributed by atoms with Gasteiger partial charge in [-0.1, -0.05) is 34.6 Å². The van der Waals surface area contributed by atoms with Gasteiger partial charge in [0.05, 0.1) is 10.5 Å². The van der Waals surface area contributed by atoms with E-state index in [-0.39, 0.29) is 16.4 Å². The molecule has 0 aromatic heterocycles. The molecular formula is C17H16F2INO2. The van der Waals surface area contributed by atoms with Crippen molar-refractivity contribution in [1.82, 2.24) is 4.90 Å². The summed E-state index contributed by atoms with van der Waals surface area (Å²) in [4.78, 5) is 13.4. The molecule has 0 fully saturated rings. The predicted octanol–water partition coefficient (Wildman–Crippen LogP) is 3.65. The second-order valence-corrected chi connectivity index (χ2v) is 6.61. The SMILES string of the molecule is C#CCOc1ccc(C2=CCC(I)C(=O)N2CC(F)F)c(C)c1. The number of carbonyl (C=O) groups is 1. The number of benzene rings is 1. The van der Waals surface area contributed by atoms with Crippen LogP contribution in [-0.4, -0.2) is 34.3 Å². The Hall–Kier alpha value is -1.62. The van der Waals surface area contributed by atoms with Crippen molar-refractivity contribution >= 4 is 34.2 Å². The third-order valence-corrected chi connectivity index (χ3v) is 4.50. The summed E-state index contributed by atoms with van der Waals surface area (Å²) in [6.07, 6.45) is 4.94. The van der Waals surface area contributed by atoms with Crippen LogP contribution in [0.3, 0.4) is 0 Å². The van der Waals surface area contributed by atoms with E-state index in [0.717, 1.165) is 11.1 Å². The fourth-order valence-electron chi connectivity index (χ4n) is 2.43. The number of terminal acetylenes is 1. The highest BCUT2D eigenvalue weighted by atomic mass is 127. The summed E-state index contributed by atoms with van der Waals surface area (Å²) in [5.74, 6) is 2.71. The van der Waals surface area contributed by atoms with Crippen molar-refractivity contribution < 1.29 is 18.3 Å². The Kier molecular flexibility index (Phi) is 5.99. The monoisotopic (exact) mass is 431 g/mol. The Balaban J connectivity index is 2.34. The molecule has 1 aromatic carbocycles. The van der Waals surface area contributed by atoms with Gasteiger partial charge in [-0.05, 0) is 37.1 Å². The van der Waals surface area contributed by atoms with Crippen LogP contribution in [0.5, 0.6) is 5.75 Å². The molecule has 2 rings (SSSR count). The molecule has 1 atom stereocenters. The normalized spacial score (nSPS) is 17.9. The molecule has 1 aliphatic heterocycles. The number of aryl methyl sites for hydroxylation is 1. The Labute approximate surface area is 147 Å². The van der Waals surface area contributed by atoms with Gasteiger partial charge < -0.3 is 9.64 Å². The van der Waals surface area contributed by atoms with Crippen molar-refractivity contribution in [3.05, 3.63) is 35.4 Å². The molecule has 0 bridgehead atoms. The standard InChI is InChI=1S/C17H16F2INO2/c1-3-8-23-12-4-5-13(11(2)9-12)15-7-6-14(20)17(22)21(15)10-16(18)19/h1,4-5,7,9,14,16H,6,8,10H2,2H3. The molecule has 0 aliphatic carbocycles. The maximum absolute atomic E-state index is 12.9. The highest BCUT2D eigenvalue weighted by Gasteiger charge is 2.31. The first-order valence-electron chi connectivity index (χ1n) is 7.05. The van der Waals surface area contributed by atoms with Crippen molar-refractivity contribution in [2.75, 3.05) is 13.2 Å². The lowest BCUT2D eigenvalue weighted by molar-refractivity contribution is -0.128. The third-order valence-electron chi connectivity index (χ3n) is 3.46. The second-order valence-electron chi connectivity index (χ2n) is 5.10. The topological polar surface area (TPSA) is 29.5 Å². The smallest absolute Gasteiger partial charge is 0.256 e. The van der Waals surface area contributed by atoms with Gasteiger partial charge in [0.25, 0.3) is 6.43 Å². The van der Waals surface area contributed by atoms with Crippen molar-refractivity contribution in [2.45, 2.75) is 23.7 Å². The fourth-order valence-corrected chi connectivity index (χ4v) is 3.02. The van der Waals surface area contributed by atoms with E-state index in [1.165, 1.54) is 4.90 Å². The van der Waals surface area contributed by atoms with Gasteiger partial charge in [0.1, 0.15) is 12.4 Å². The maximum Gasteiger partial charge on any atom is 0.256 e. The van der Waals surface area contributed by atoms with Gasteiger partial charge in [0.15, 0.2) is 0 Å². The van der Waals surface area contributed by atoms with E-state index in [1.54, 1.807) is 18.2 Å². The van der Waals surface area contributed by atoms with Crippen LogP contribution in [0.25, 0.3) is 5.70 Å². The lowest BCUT2D eigenvalue weighted by Crippen LogP contribution is -2.41. The molecule has 1 aliphatic rings. The first-order valence-corrected chi connectivity index (χ1v) is 8.29. The van der Waals surface area contributed by atoms with E-state index in [2.05, 4.69) is 5.92 Å². The van der Waals surface area contributed by atoms with Gasteiger partial charge in [-0.25, -0.2) is 8.78 Å². The molecule has 1 unspecified atom stereocenters. The number of nitrogens with zero attached hydrogens (tertiary/aromatic N) is 1. The van der Waals surface area contributed by atoms with Gasteiger partial charge in [0, 0.05) is 11.3 Å². The largest absolute Gasteiger partial charge is 0.481 e. The Morgan fingerprint density at radius 2 is 2.26 bits per heavy atom. The molecule has 0 saturated carbocycles. The first-order chi connectivity index (χ1) is 10.9. The lowest BCUT2D eigenvalue weighted by atomic mass is 10.00. The zero-order valence-corrected chi connectivity index (χ0v) is 14.7. The van der Waals surface area contributed by atoms with Crippen LogP contribution in [0.4, 0.5) is 8.78 Å². The Morgan fingerprint density at radius 1 is 1.52 bits per heavy atom. The molecule has 0 saturated heterocycles. The number of rotatable bonds is 5. The van der Waals surface area contributed by atoms with E-state index >= 15 is 0 Å². The highest BCUT2D eigenvalue weighted by Crippen LogP contribution is 2.32. The minimum absolute atomic E-state index is 0.161. The minimum Gasteiger partial charge on any atom is -0.481 e. The number of alkyl halides is 3. The molecule has 23 heavy (non-hydrogen) atoms. The van der Waals surface area contributed by atoms with E-state index in [9.17, 15) is 13.6 Å². The number of ether oxygens (including phenoxy) is 1. The number of hydrogen-bond acceptors (Lipinski definition) is 2. The summed E-state index contributed by atoms with van der Waals surface area (Å²) in [6, 6.07) is 5.28. The van der Waals surface area contributed by atoms with Crippen molar-refractivity contribution in [3.63, 3.8) is 0 Å². The van der Waals surface area contributed by atoms with Crippen molar-refractivity contribution in [1.29, 1.82) is 0 Å². The van der Waals surface area contributed by atoms with E-state index in [1.807, 2.05) is 35.6 Å². The van der Waals surface area contributed by atoms with Crippen LogP contribution < -0.4 is 4.74 Å². The zero-order valence-electron chi connectivity index (χ0n) is 12.6. The number of allylic oxidation sites excluding steroid dienone is 1. The van der Waals surface area contributed by atoms with Crippen molar-refractivity contribution in [2.24, 2.45) is 0 Å². The average molecular weight is 431 g/mol. The maximum atomic E-state index is 12.9. The lowest BCUT2D eigenvalue weighted by Gasteiger charge is -2.32. The van der Waals surface area contributed by atoms with E-state index in [0.29, 0.717) is 17.9 Å². The van der Waals surface area contributed by atoms with Crippen LogP contribution in [0, 0.1) is 19.3 Å². The van der Waals surface area contributed by atoms with Crippen LogP contribution in [-0.2, 0) is 4.79 Å². The quantitative estimate of drug-likeness (QED) is 0.405. The highest BCUT2D eigenvalue weighted by molar-refractivity contribution is 14.1. The molecule has 1 heterocycles. The van der Waals surface area contributed by atoms with Crippen LogP contribution in [0.15, 0.2) is 24.3 Å². The van der Waals surface area contributed by atoms with Crippen molar-refractivity contribution in [3.8, 4) is 18.1 Å². The number of halogens is 3. The van der Waals surface area contributed by atoms with E-state index < -0.39 is 13.0 Å². The summed E-state index contributed by atoms with van der Waals surface area (Å²) in [7, 11) is 0. The molecule has 0 radical (unpaired) electrons. The van der Waals surface area contributed by atoms with E-state index in [4.69, 9.17) is 11.2 Å². The third kappa shape index (κ3) is 4.22. The second kappa shape index (κ2) is 7.77. The first kappa shape index (κ1) is 17.7. The van der Waals surface area contributed by atoms with Gasteiger partial charge >= 0.3 is 0 Å². The number of hydrogen-bond donors (Lipinski definition) is 0. The molecule has 3 nitrogen and oxygen atoms in total. The molecule has 1 aromatic rings. The van der Waals surface area contributed by atoms with Gasteiger partial charge in [-0.15, -0.1) is 6.42 Å². The molecule has 6 heteroatoms.